The first-order valence-corrected chi connectivity index (χ1v) is 6.36. The van der Waals surface area contributed by atoms with E-state index in [2.05, 4.69) is 48.6 Å². The van der Waals surface area contributed by atoms with Crippen molar-refractivity contribution in [3.8, 4) is 0 Å². The summed E-state index contributed by atoms with van der Waals surface area (Å²) in [5.41, 5.74) is 3.12. The Kier molecular flexibility index (Phi) is 1.71. The molecule has 16 heavy (non-hydrogen) atoms. The van der Waals surface area contributed by atoms with E-state index in [1.165, 1.54) is 18.4 Å². The Morgan fingerprint density at radius 3 is 2.75 bits per heavy atom. The summed E-state index contributed by atoms with van der Waals surface area (Å²) in [7, 11) is 0. The molecule has 1 aromatic rings. The minimum Gasteiger partial charge on any atom is -0.0847 e. The van der Waals surface area contributed by atoms with Gasteiger partial charge >= 0.3 is 0 Å². The Morgan fingerprint density at radius 1 is 1.12 bits per heavy atom. The largest absolute Gasteiger partial charge is 0.0847 e. The van der Waals surface area contributed by atoms with Crippen LogP contribution in [0.5, 0.6) is 0 Å². The van der Waals surface area contributed by atoms with Crippen molar-refractivity contribution in [2.24, 2.45) is 23.7 Å². The molecular weight excluding hydrogens is 192 g/mol. The SMILES string of the molecule is C1=C2C[C@H](C1)[C@H]1[C@H](/C=C/c3ccccc3)[C@@H]21. The van der Waals surface area contributed by atoms with Crippen molar-refractivity contribution in [1.82, 2.24) is 0 Å². The predicted molar refractivity (Wildman–Crippen MR) is 66.8 cm³/mol. The zero-order valence-electron chi connectivity index (χ0n) is 9.34. The van der Waals surface area contributed by atoms with E-state index >= 15 is 0 Å². The molecule has 0 unspecified atom stereocenters. The van der Waals surface area contributed by atoms with E-state index in [9.17, 15) is 0 Å². The van der Waals surface area contributed by atoms with Gasteiger partial charge in [-0.2, -0.15) is 0 Å². The van der Waals surface area contributed by atoms with Gasteiger partial charge in [0.05, 0.1) is 0 Å². The molecule has 1 aromatic carbocycles. The molecule has 0 spiro atoms. The molecule has 4 atom stereocenters. The van der Waals surface area contributed by atoms with Gasteiger partial charge in [-0.15, -0.1) is 0 Å². The van der Waals surface area contributed by atoms with Crippen LogP contribution >= 0.6 is 0 Å². The molecule has 0 saturated heterocycles. The van der Waals surface area contributed by atoms with E-state index in [-0.39, 0.29) is 0 Å². The molecule has 2 bridgehead atoms. The molecule has 4 rings (SSSR count). The molecule has 3 aliphatic rings. The number of hydrogen-bond acceptors (Lipinski definition) is 0. The molecule has 3 aliphatic carbocycles. The number of allylic oxidation sites excluding steroid dienone is 3. The van der Waals surface area contributed by atoms with Gasteiger partial charge in [0, 0.05) is 0 Å². The van der Waals surface area contributed by atoms with E-state index in [0.717, 1.165) is 23.7 Å². The molecule has 0 heteroatoms. The first-order valence-electron chi connectivity index (χ1n) is 6.36. The van der Waals surface area contributed by atoms with Crippen LogP contribution in [-0.4, -0.2) is 0 Å². The maximum Gasteiger partial charge on any atom is -0.0100 e. The van der Waals surface area contributed by atoms with Crippen LogP contribution in [-0.2, 0) is 0 Å². The maximum atomic E-state index is 2.50. The lowest BCUT2D eigenvalue weighted by atomic mass is 10.0. The van der Waals surface area contributed by atoms with Crippen molar-refractivity contribution in [1.29, 1.82) is 0 Å². The average Bonchev–Trinajstić information content (AvgIpc) is 2.72. The third-order valence-electron chi connectivity index (χ3n) is 4.60. The van der Waals surface area contributed by atoms with Crippen LogP contribution in [0, 0.1) is 23.7 Å². The highest BCUT2D eigenvalue weighted by molar-refractivity contribution is 5.51. The van der Waals surface area contributed by atoms with Crippen molar-refractivity contribution in [3.05, 3.63) is 53.6 Å². The van der Waals surface area contributed by atoms with Gasteiger partial charge in [0.15, 0.2) is 0 Å². The molecule has 0 aromatic heterocycles. The average molecular weight is 208 g/mol. The third-order valence-corrected chi connectivity index (χ3v) is 4.60. The second kappa shape index (κ2) is 3.10. The summed E-state index contributed by atoms with van der Waals surface area (Å²) < 4.78 is 0. The normalized spacial score (nSPS) is 38.9. The van der Waals surface area contributed by atoms with E-state index in [1.807, 2.05) is 0 Å². The van der Waals surface area contributed by atoms with Crippen LogP contribution in [0.2, 0.25) is 0 Å². The fourth-order valence-electron chi connectivity index (χ4n) is 3.83. The monoisotopic (exact) mass is 208 g/mol. The summed E-state index contributed by atoms with van der Waals surface area (Å²) in [5, 5.41) is 0. The third kappa shape index (κ3) is 1.16. The van der Waals surface area contributed by atoms with Crippen LogP contribution in [0.3, 0.4) is 0 Å². The van der Waals surface area contributed by atoms with Crippen LogP contribution in [0.25, 0.3) is 6.08 Å². The predicted octanol–water partition coefficient (Wildman–Crippen LogP) is 3.91. The Hall–Kier alpha value is -1.30. The van der Waals surface area contributed by atoms with E-state index in [1.54, 1.807) is 5.57 Å². The molecule has 0 aliphatic heterocycles. The molecule has 2 fully saturated rings. The van der Waals surface area contributed by atoms with Crippen LogP contribution < -0.4 is 0 Å². The Morgan fingerprint density at radius 2 is 2.00 bits per heavy atom. The quantitative estimate of drug-likeness (QED) is 0.646. The van der Waals surface area contributed by atoms with Crippen molar-refractivity contribution in [2.75, 3.05) is 0 Å². The number of fused-ring (bicyclic) bond motifs is 5. The van der Waals surface area contributed by atoms with Gasteiger partial charge in [-0.1, -0.05) is 54.1 Å². The minimum absolute atomic E-state index is 0.868. The number of hydrogen-bond donors (Lipinski definition) is 0. The fraction of sp³-hybridized carbons (Fsp3) is 0.375. The van der Waals surface area contributed by atoms with Gasteiger partial charge in [0.2, 0.25) is 0 Å². The molecule has 0 N–H and O–H groups in total. The zero-order chi connectivity index (χ0) is 10.5. The lowest BCUT2D eigenvalue weighted by Gasteiger charge is -2.04. The van der Waals surface area contributed by atoms with Gasteiger partial charge in [-0.05, 0) is 42.1 Å². The van der Waals surface area contributed by atoms with Gasteiger partial charge in [0.25, 0.3) is 0 Å². The fourth-order valence-corrected chi connectivity index (χ4v) is 3.83. The van der Waals surface area contributed by atoms with Crippen LogP contribution in [0.15, 0.2) is 48.1 Å². The molecule has 0 radical (unpaired) electrons. The lowest BCUT2D eigenvalue weighted by Crippen LogP contribution is -1.96. The Bertz CT molecular complexity index is 466. The van der Waals surface area contributed by atoms with Gasteiger partial charge < -0.3 is 0 Å². The highest BCUT2D eigenvalue weighted by atomic mass is 14.6. The summed E-state index contributed by atoms with van der Waals surface area (Å²) in [6, 6.07) is 10.7. The Labute approximate surface area is 96.7 Å². The van der Waals surface area contributed by atoms with Crippen molar-refractivity contribution < 1.29 is 0 Å². The Balaban J connectivity index is 1.52. The number of rotatable bonds is 2. The first-order chi connectivity index (χ1) is 7.93. The van der Waals surface area contributed by atoms with E-state index < -0.39 is 0 Å². The second-order valence-corrected chi connectivity index (χ2v) is 5.43. The molecule has 0 amide bonds. The standard InChI is InChI=1S/C16H16/c1-2-4-11(5-3-1)6-9-14-15-12-7-8-13(10-12)16(14)15/h1-7,9,13-16H,8,10H2/b9-6+/t13-,14+,15+,16-/m0/s1. The summed E-state index contributed by atoms with van der Waals surface area (Å²) in [4.78, 5) is 0. The van der Waals surface area contributed by atoms with Gasteiger partial charge in [-0.3, -0.25) is 0 Å². The van der Waals surface area contributed by atoms with E-state index in [0.29, 0.717) is 0 Å². The highest BCUT2D eigenvalue weighted by Crippen LogP contribution is 2.67. The van der Waals surface area contributed by atoms with Crippen molar-refractivity contribution in [3.63, 3.8) is 0 Å². The van der Waals surface area contributed by atoms with Crippen molar-refractivity contribution >= 4 is 6.08 Å². The van der Waals surface area contributed by atoms with Gasteiger partial charge in [-0.25, -0.2) is 0 Å². The van der Waals surface area contributed by atoms with Gasteiger partial charge in [0.1, 0.15) is 0 Å². The number of benzene rings is 1. The smallest absolute Gasteiger partial charge is 0.0100 e. The maximum absolute atomic E-state index is 2.50. The summed E-state index contributed by atoms with van der Waals surface area (Å²) in [6.45, 7) is 0. The molecule has 0 heterocycles. The zero-order valence-corrected chi connectivity index (χ0v) is 9.34. The van der Waals surface area contributed by atoms with Crippen LogP contribution in [0.1, 0.15) is 18.4 Å². The molecular formula is C16H16. The molecule has 0 nitrogen and oxygen atoms in total. The lowest BCUT2D eigenvalue weighted by molar-refractivity contribution is 0.497. The highest BCUT2D eigenvalue weighted by Gasteiger charge is 2.60. The second-order valence-electron chi connectivity index (χ2n) is 5.43. The molecule has 80 valence electrons. The topological polar surface area (TPSA) is 0 Å². The van der Waals surface area contributed by atoms with E-state index in [4.69, 9.17) is 0 Å². The first kappa shape index (κ1) is 8.81. The minimum atomic E-state index is 0.868. The van der Waals surface area contributed by atoms with Crippen LogP contribution in [0.4, 0.5) is 0 Å². The summed E-state index contributed by atoms with van der Waals surface area (Å²) >= 11 is 0. The van der Waals surface area contributed by atoms with Crippen molar-refractivity contribution in [2.45, 2.75) is 12.8 Å². The molecule has 2 saturated carbocycles. The summed E-state index contributed by atoms with van der Waals surface area (Å²) in [6.07, 6.45) is 10.1. The summed E-state index contributed by atoms with van der Waals surface area (Å²) in [5.74, 6) is 3.83.